The number of hydrogen-bond donors (Lipinski definition) is 0. The third-order valence-electron chi connectivity index (χ3n) is 2.33. The summed E-state index contributed by atoms with van der Waals surface area (Å²) in [5, 5.41) is 0. The summed E-state index contributed by atoms with van der Waals surface area (Å²) in [5.41, 5.74) is 0. The van der Waals surface area contributed by atoms with Gasteiger partial charge in [0.2, 0.25) is 0 Å². The van der Waals surface area contributed by atoms with Crippen LogP contribution in [0.3, 0.4) is 0 Å². The molecule has 0 spiro atoms. The zero-order valence-electron chi connectivity index (χ0n) is 9.54. The normalized spacial score (nSPS) is 16.8. The van der Waals surface area contributed by atoms with E-state index in [0.717, 1.165) is 19.1 Å². The molecular weight excluding hydrogens is 180 g/mol. The van der Waals surface area contributed by atoms with Gasteiger partial charge in [0, 0.05) is 20.1 Å². The Labute approximate surface area is 86.8 Å². The Kier molecular flexibility index (Phi) is 8.64. The Morgan fingerprint density at radius 1 is 1.43 bits per heavy atom. The van der Waals surface area contributed by atoms with E-state index in [0.29, 0.717) is 0 Å². The second-order valence-electron chi connectivity index (χ2n) is 3.54. The molecular formula is C11H22O3. The van der Waals surface area contributed by atoms with E-state index in [2.05, 4.69) is 11.7 Å². The summed E-state index contributed by atoms with van der Waals surface area (Å²) >= 11 is 0. The molecule has 1 heterocycles. The first-order valence-electron chi connectivity index (χ1n) is 5.33. The van der Waals surface area contributed by atoms with Crippen molar-refractivity contribution in [3.63, 3.8) is 0 Å². The highest BCUT2D eigenvalue weighted by molar-refractivity contribution is 5.65. The van der Waals surface area contributed by atoms with E-state index in [1.165, 1.54) is 39.7 Å². The third kappa shape index (κ3) is 8.05. The first-order valence-corrected chi connectivity index (χ1v) is 5.33. The minimum absolute atomic E-state index is 0.245. The Hall–Kier alpha value is -0.570. The molecule has 1 rings (SSSR count). The van der Waals surface area contributed by atoms with Gasteiger partial charge in [0.15, 0.2) is 0 Å². The molecule has 0 bridgehead atoms. The van der Waals surface area contributed by atoms with Crippen molar-refractivity contribution in [1.82, 2.24) is 0 Å². The average Bonchev–Trinajstić information content (AvgIpc) is 2.21. The van der Waals surface area contributed by atoms with Crippen molar-refractivity contribution < 1.29 is 14.3 Å². The maximum atomic E-state index is 9.59. The predicted molar refractivity (Wildman–Crippen MR) is 56.1 cm³/mol. The van der Waals surface area contributed by atoms with Gasteiger partial charge in [0.25, 0.3) is 0 Å². The first kappa shape index (κ1) is 13.4. The van der Waals surface area contributed by atoms with Gasteiger partial charge in [0.05, 0.1) is 7.11 Å². The van der Waals surface area contributed by atoms with Gasteiger partial charge in [0.1, 0.15) is 0 Å². The van der Waals surface area contributed by atoms with Crippen LogP contribution in [0, 0.1) is 5.92 Å². The largest absolute Gasteiger partial charge is 0.469 e. The number of esters is 1. The molecule has 0 aromatic rings. The molecule has 0 aliphatic carbocycles. The summed E-state index contributed by atoms with van der Waals surface area (Å²) in [7, 11) is 1.35. The Balaban J connectivity index is 0.000000292. The van der Waals surface area contributed by atoms with E-state index in [1.807, 2.05) is 0 Å². The topological polar surface area (TPSA) is 35.5 Å². The van der Waals surface area contributed by atoms with Gasteiger partial charge in [-0.25, -0.2) is 0 Å². The van der Waals surface area contributed by atoms with Gasteiger partial charge in [-0.3, -0.25) is 4.79 Å². The van der Waals surface area contributed by atoms with Crippen LogP contribution in [-0.2, 0) is 14.3 Å². The van der Waals surface area contributed by atoms with Crippen LogP contribution < -0.4 is 0 Å². The molecule has 14 heavy (non-hydrogen) atoms. The zero-order chi connectivity index (χ0) is 10.8. The van der Waals surface area contributed by atoms with Crippen molar-refractivity contribution in [2.45, 2.75) is 39.5 Å². The average molecular weight is 202 g/mol. The molecule has 0 N–H and O–H groups in total. The van der Waals surface area contributed by atoms with E-state index in [-0.39, 0.29) is 5.97 Å². The van der Waals surface area contributed by atoms with Crippen molar-refractivity contribution in [3.05, 3.63) is 0 Å². The molecule has 0 amide bonds. The van der Waals surface area contributed by atoms with Crippen molar-refractivity contribution in [2.75, 3.05) is 20.3 Å². The number of ether oxygens (including phenoxy) is 2. The van der Waals surface area contributed by atoms with Gasteiger partial charge in [-0.2, -0.15) is 0 Å². The summed E-state index contributed by atoms with van der Waals surface area (Å²) in [5.74, 6) is 0.730. The maximum Gasteiger partial charge on any atom is 0.302 e. The molecule has 84 valence electrons. The van der Waals surface area contributed by atoms with Gasteiger partial charge in [-0.15, -0.1) is 0 Å². The molecule has 1 aliphatic heterocycles. The standard InChI is InChI=1S/C8H16O.C3H6O2/c1-2-3-8-4-6-9-7-5-8;1-3(4)5-2/h8H,2-7H2,1H3;1-2H3. The van der Waals surface area contributed by atoms with Gasteiger partial charge in [-0.05, 0) is 18.8 Å². The summed E-state index contributed by atoms with van der Waals surface area (Å²) in [6.07, 6.45) is 5.34. The predicted octanol–water partition coefficient (Wildman–Crippen LogP) is 2.39. The minimum Gasteiger partial charge on any atom is -0.469 e. The smallest absolute Gasteiger partial charge is 0.302 e. The number of hydrogen-bond acceptors (Lipinski definition) is 3. The fraction of sp³-hybridized carbons (Fsp3) is 0.909. The quantitative estimate of drug-likeness (QED) is 0.645. The number of carbonyl (C=O) groups excluding carboxylic acids is 1. The summed E-state index contributed by atoms with van der Waals surface area (Å²) in [4.78, 5) is 9.59. The lowest BCUT2D eigenvalue weighted by Gasteiger charge is -2.20. The first-order chi connectivity index (χ1) is 6.70. The fourth-order valence-electron chi connectivity index (χ4n) is 1.44. The van der Waals surface area contributed by atoms with Crippen LogP contribution in [0.2, 0.25) is 0 Å². The summed E-state index contributed by atoms with van der Waals surface area (Å²) in [6, 6.07) is 0. The molecule has 0 radical (unpaired) electrons. The second kappa shape index (κ2) is 9.00. The van der Waals surface area contributed by atoms with E-state index >= 15 is 0 Å². The lowest BCUT2D eigenvalue weighted by molar-refractivity contribution is -0.137. The van der Waals surface area contributed by atoms with E-state index < -0.39 is 0 Å². The molecule has 0 saturated carbocycles. The number of rotatable bonds is 2. The Bertz CT molecular complexity index is 137. The number of methoxy groups -OCH3 is 1. The van der Waals surface area contributed by atoms with Crippen molar-refractivity contribution in [3.8, 4) is 0 Å². The van der Waals surface area contributed by atoms with Gasteiger partial charge in [-0.1, -0.05) is 19.8 Å². The van der Waals surface area contributed by atoms with Gasteiger partial charge < -0.3 is 9.47 Å². The van der Waals surface area contributed by atoms with E-state index in [4.69, 9.17) is 4.74 Å². The molecule has 1 fully saturated rings. The molecule has 3 heteroatoms. The van der Waals surface area contributed by atoms with Crippen molar-refractivity contribution in [2.24, 2.45) is 5.92 Å². The molecule has 0 atom stereocenters. The van der Waals surface area contributed by atoms with Gasteiger partial charge >= 0.3 is 5.97 Å². The Morgan fingerprint density at radius 2 is 1.93 bits per heavy atom. The lowest BCUT2D eigenvalue weighted by Crippen LogP contribution is -2.14. The third-order valence-corrected chi connectivity index (χ3v) is 2.33. The molecule has 0 aromatic heterocycles. The summed E-state index contributed by atoms with van der Waals surface area (Å²) in [6.45, 7) is 5.63. The van der Waals surface area contributed by atoms with Crippen LogP contribution in [0.1, 0.15) is 39.5 Å². The van der Waals surface area contributed by atoms with E-state index in [9.17, 15) is 4.79 Å². The lowest BCUT2D eigenvalue weighted by atomic mass is 9.95. The minimum atomic E-state index is -0.245. The van der Waals surface area contributed by atoms with Crippen LogP contribution >= 0.6 is 0 Å². The number of carbonyl (C=O) groups is 1. The van der Waals surface area contributed by atoms with Crippen LogP contribution in [-0.4, -0.2) is 26.3 Å². The van der Waals surface area contributed by atoms with Crippen LogP contribution in [0.5, 0.6) is 0 Å². The van der Waals surface area contributed by atoms with E-state index in [1.54, 1.807) is 0 Å². The zero-order valence-corrected chi connectivity index (χ0v) is 9.54. The Morgan fingerprint density at radius 3 is 2.29 bits per heavy atom. The second-order valence-corrected chi connectivity index (χ2v) is 3.54. The highest BCUT2D eigenvalue weighted by atomic mass is 16.5. The van der Waals surface area contributed by atoms with Crippen molar-refractivity contribution in [1.29, 1.82) is 0 Å². The monoisotopic (exact) mass is 202 g/mol. The molecule has 0 aromatic carbocycles. The van der Waals surface area contributed by atoms with Crippen molar-refractivity contribution >= 4 is 5.97 Å². The van der Waals surface area contributed by atoms with Crippen LogP contribution in [0.25, 0.3) is 0 Å². The SMILES string of the molecule is CCCC1CCOCC1.COC(C)=O. The summed E-state index contributed by atoms with van der Waals surface area (Å²) < 4.78 is 9.36. The highest BCUT2D eigenvalue weighted by Gasteiger charge is 2.11. The van der Waals surface area contributed by atoms with Crippen LogP contribution in [0.15, 0.2) is 0 Å². The van der Waals surface area contributed by atoms with Crippen LogP contribution in [0.4, 0.5) is 0 Å². The molecule has 3 nitrogen and oxygen atoms in total. The fourth-order valence-corrected chi connectivity index (χ4v) is 1.44. The maximum absolute atomic E-state index is 9.59. The molecule has 1 aliphatic rings. The molecule has 1 saturated heterocycles. The molecule has 0 unspecified atom stereocenters. The highest BCUT2D eigenvalue weighted by Crippen LogP contribution is 2.19.